The fourth-order valence-electron chi connectivity index (χ4n) is 2.39. The van der Waals surface area contributed by atoms with E-state index in [9.17, 15) is 0 Å². The van der Waals surface area contributed by atoms with E-state index in [1.165, 1.54) is 4.88 Å². The molecule has 0 amide bonds. The highest BCUT2D eigenvalue weighted by molar-refractivity contribution is 7.16. The second-order valence-electron chi connectivity index (χ2n) is 4.65. The van der Waals surface area contributed by atoms with Gasteiger partial charge in [-0.3, -0.25) is 4.57 Å². The summed E-state index contributed by atoms with van der Waals surface area (Å²) < 4.78 is 4.81. The highest BCUT2D eigenvalue weighted by Gasteiger charge is 2.16. The first-order chi connectivity index (χ1) is 9.60. The van der Waals surface area contributed by atoms with E-state index >= 15 is 0 Å². The number of nitrogens with two attached hydrogens (primary N) is 1. The minimum atomic E-state index is 0.547. The van der Waals surface area contributed by atoms with Gasteiger partial charge in [-0.15, -0.1) is 11.3 Å². The lowest BCUT2D eigenvalue weighted by molar-refractivity contribution is 0.632. The summed E-state index contributed by atoms with van der Waals surface area (Å²) in [5.74, 6) is 0.547. The average Bonchev–Trinajstić information content (AvgIpc) is 3.05. The zero-order valence-corrected chi connectivity index (χ0v) is 13.0. The molecule has 0 unspecified atom stereocenters. The number of thiophene rings is 1. The van der Waals surface area contributed by atoms with Gasteiger partial charge < -0.3 is 5.73 Å². The Hall–Kier alpha value is -1.53. The first-order valence-corrected chi connectivity index (χ1v) is 7.73. The molecule has 3 rings (SSSR count). The molecule has 5 nitrogen and oxygen atoms in total. The highest BCUT2D eigenvalue weighted by atomic mass is 35.5. The summed E-state index contributed by atoms with van der Waals surface area (Å²) in [6.07, 6.45) is 0.890. The zero-order chi connectivity index (χ0) is 14.3. The summed E-state index contributed by atoms with van der Waals surface area (Å²) in [5, 5.41) is 4.49. The second kappa shape index (κ2) is 5.10. The van der Waals surface area contributed by atoms with Crippen LogP contribution < -0.4 is 5.73 Å². The molecule has 0 saturated carbocycles. The number of halogens is 1. The maximum Gasteiger partial charge on any atom is 0.202 e. The van der Waals surface area contributed by atoms with Crippen molar-refractivity contribution in [1.82, 2.24) is 19.3 Å². The lowest BCUT2D eigenvalue weighted by atomic mass is 10.3. The van der Waals surface area contributed by atoms with Crippen LogP contribution in [-0.4, -0.2) is 19.3 Å². The maximum absolute atomic E-state index is 6.05. The van der Waals surface area contributed by atoms with E-state index in [2.05, 4.69) is 23.1 Å². The molecule has 0 aliphatic rings. The molecule has 0 saturated heterocycles. The van der Waals surface area contributed by atoms with Crippen molar-refractivity contribution in [3.05, 3.63) is 27.0 Å². The molecule has 0 radical (unpaired) electrons. The van der Waals surface area contributed by atoms with Crippen molar-refractivity contribution in [2.75, 3.05) is 5.73 Å². The van der Waals surface area contributed by atoms with Gasteiger partial charge in [0.2, 0.25) is 5.95 Å². The van der Waals surface area contributed by atoms with Crippen molar-refractivity contribution >= 4 is 40.0 Å². The number of hydrogen-bond donors (Lipinski definition) is 1. The Kier molecular flexibility index (Phi) is 3.43. The van der Waals surface area contributed by atoms with Gasteiger partial charge in [0.05, 0.1) is 10.0 Å². The van der Waals surface area contributed by atoms with Gasteiger partial charge in [0.15, 0.2) is 5.65 Å². The molecule has 3 heterocycles. The van der Waals surface area contributed by atoms with Gasteiger partial charge in [0, 0.05) is 18.0 Å². The van der Waals surface area contributed by atoms with Crippen molar-refractivity contribution in [2.45, 2.75) is 33.4 Å². The Balaban J connectivity index is 1.96. The van der Waals surface area contributed by atoms with E-state index in [0.29, 0.717) is 5.95 Å². The van der Waals surface area contributed by atoms with Crippen LogP contribution in [0.5, 0.6) is 0 Å². The average molecular weight is 310 g/mol. The third-order valence-corrected chi connectivity index (χ3v) is 4.63. The van der Waals surface area contributed by atoms with Crippen molar-refractivity contribution in [3.8, 4) is 0 Å². The maximum atomic E-state index is 6.05. The number of nitrogen functional groups attached to an aromatic ring is 1. The first kappa shape index (κ1) is 13.5. The molecule has 3 aromatic heterocycles. The van der Waals surface area contributed by atoms with E-state index < -0.39 is 0 Å². The first-order valence-electron chi connectivity index (χ1n) is 6.53. The molecule has 0 fully saturated rings. The smallest absolute Gasteiger partial charge is 0.202 e. The van der Waals surface area contributed by atoms with E-state index in [-0.39, 0.29) is 0 Å². The van der Waals surface area contributed by atoms with E-state index in [4.69, 9.17) is 17.3 Å². The molecule has 0 atom stereocenters. The molecule has 3 aromatic rings. The topological polar surface area (TPSA) is 61.7 Å². The fourth-order valence-corrected chi connectivity index (χ4v) is 3.47. The Morgan fingerprint density at radius 2 is 2.20 bits per heavy atom. The number of anilines is 1. The molecule has 106 valence electrons. The Bertz CT molecular complexity index is 754. The van der Waals surface area contributed by atoms with Crippen LogP contribution in [0.1, 0.15) is 17.5 Å². The standard InChI is InChI=1S/C13H16ClN5S/c1-3-19-12-11(8(2)17-19)16-13(15)18(12)7-6-9-4-5-10(14)20-9/h4-5H,3,6-7H2,1-2H3,(H2,15,16). The van der Waals surface area contributed by atoms with Crippen molar-refractivity contribution in [2.24, 2.45) is 0 Å². The lowest BCUT2D eigenvalue weighted by Gasteiger charge is -2.07. The van der Waals surface area contributed by atoms with Crippen LogP contribution in [0.25, 0.3) is 11.2 Å². The van der Waals surface area contributed by atoms with E-state index in [1.807, 2.05) is 22.2 Å². The minimum Gasteiger partial charge on any atom is -0.369 e. The number of aromatic nitrogens is 4. The predicted molar refractivity (Wildman–Crippen MR) is 83.4 cm³/mol. The van der Waals surface area contributed by atoms with Crippen LogP contribution >= 0.6 is 22.9 Å². The summed E-state index contributed by atoms with van der Waals surface area (Å²) in [7, 11) is 0. The van der Waals surface area contributed by atoms with Crippen LogP contribution in [0.3, 0.4) is 0 Å². The van der Waals surface area contributed by atoms with E-state index in [1.54, 1.807) is 11.3 Å². The summed E-state index contributed by atoms with van der Waals surface area (Å²) in [5.41, 5.74) is 8.87. The quantitative estimate of drug-likeness (QED) is 0.805. The predicted octanol–water partition coefficient (Wildman–Crippen LogP) is 3.10. The van der Waals surface area contributed by atoms with Crippen LogP contribution in [0.4, 0.5) is 5.95 Å². The van der Waals surface area contributed by atoms with Crippen LogP contribution in [-0.2, 0) is 19.5 Å². The fraction of sp³-hybridized carbons (Fsp3) is 0.385. The summed E-state index contributed by atoms with van der Waals surface area (Å²) in [6, 6.07) is 3.98. The zero-order valence-electron chi connectivity index (χ0n) is 11.4. The molecule has 0 bridgehead atoms. The third kappa shape index (κ3) is 2.19. The number of nitrogens with zero attached hydrogens (tertiary/aromatic N) is 4. The number of hydrogen-bond acceptors (Lipinski definition) is 4. The van der Waals surface area contributed by atoms with Crippen LogP contribution in [0.2, 0.25) is 4.34 Å². The van der Waals surface area contributed by atoms with Gasteiger partial charge in [-0.25, -0.2) is 9.67 Å². The number of imidazole rings is 1. The van der Waals surface area contributed by atoms with Gasteiger partial charge in [0.25, 0.3) is 0 Å². The van der Waals surface area contributed by atoms with Gasteiger partial charge in [-0.05, 0) is 32.4 Å². The van der Waals surface area contributed by atoms with Gasteiger partial charge in [0.1, 0.15) is 5.52 Å². The van der Waals surface area contributed by atoms with Gasteiger partial charge in [-0.1, -0.05) is 11.6 Å². The molecule has 20 heavy (non-hydrogen) atoms. The van der Waals surface area contributed by atoms with Crippen molar-refractivity contribution in [1.29, 1.82) is 0 Å². The number of fused-ring (bicyclic) bond motifs is 1. The number of aryl methyl sites for hydroxylation is 4. The molecule has 0 spiro atoms. The Labute approximate surface area is 126 Å². The summed E-state index contributed by atoms with van der Waals surface area (Å²) in [6.45, 7) is 5.62. The van der Waals surface area contributed by atoms with Gasteiger partial charge >= 0.3 is 0 Å². The highest BCUT2D eigenvalue weighted by Crippen LogP contribution is 2.25. The van der Waals surface area contributed by atoms with Gasteiger partial charge in [-0.2, -0.15) is 5.10 Å². The molecule has 0 aliphatic carbocycles. The molecule has 7 heteroatoms. The third-order valence-electron chi connectivity index (χ3n) is 3.34. The Morgan fingerprint density at radius 1 is 1.40 bits per heavy atom. The molecular formula is C13H16ClN5S. The monoisotopic (exact) mass is 309 g/mol. The van der Waals surface area contributed by atoms with Crippen molar-refractivity contribution in [3.63, 3.8) is 0 Å². The molecule has 0 aliphatic heterocycles. The molecule has 0 aromatic carbocycles. The van der Waals surface area contributed by atoms with Crippen LogP contribution in [0, 0.1) is 6.92 Å². The number of rotatable bonds is 4. The minimum absolute atomic E-state index is 0.547. The van der Waals surface area contributed by atoms with E-state index in [0.717, 1.165) is 40.7 Å². The normalized spacial score (nSPS) is 11.6. The molecular weight excluding hydrogens is 294 g/mol. The Morgan fingerprint density at radius 3 is 2.85 bits per heavy atom. The summed E-state index contributed by atoms with van der Waals surface area (Å²) in [4.78, 5) is 5.68. The second-order valence-corrected chi connectivity index (χ2v) is 6.45. The van der Waals surface area contributed by atoms with Crippen LogP contribution in [0.15, 0.2) is 12.1 Å². The molecule has 2 N–H and O–H groups in total. The lowest BCUT2D eigenvalue weighted by Crippen LogP contribution is -2.09. The van der Waals surface area contributed by atoms with Crippen molar-refractivity contribution < 1.29 is 0 Å². The summed E-state index contributed by atoms with van der Waals surface area (Å²) >= 11 is 7.56. The SMILES string of the molecule is CCn1nc(C)c2nc(N)n(CCc3ccc(Cl)s3)c21. The largest absolute Gasteiger partial charge is 0.369 e.